The molecule has 0 bridgehead atoms. The normalized spacial score (nSPS) is 23.1. The highest BCUT2D eigenvalue weighted by Crippen LogP contribution is 2.39. The Labute approximate surface area is 98.4 Å². The van der Waals surface area contributed by atoms with Gasteiger partial charge >= 0.3 is 0 Å². The summed E-state index contributed by atoms with van der Waals surface area (Å²) in [6, 6.07) is 0. The number of hydrogen-bond acceptors (Lipinski definition) is 2. The molecule has 0 aromatic carbocycles. The molecule has 0 radical (unpaired) electrons. The summed E-state index contributed by atoms with van der Waals surface area (Å²) in [5.41, 5.74) is 0.0179. The third kappa shape index (κ3) is 3.21. The van der Waals surface area contributed by atoms with E-state index in [-0.39, 0.29) is 11.4 Å². The standard InChI is InChI=1S/C13H24N2O/c1-13(2,11-3-4-11)15-12(16)9-10-5-7-14-8-6-10/h10-11,14H,3-9H2,1-2H3,(H,15,16). The second-order valence-corrected chi connectivity index (χ2v) is 5.94. The summed E-state index contributed by atoms with van der Waals surface area (Å²) in [6.07, 6.45) is 5.58. The van der Waals surface area contributed by atoms with Crippen molar-refractivity contribution in [1.82, 2.24) is 10.6 Å². The molecule has 1 heterocycles. The number of rotatable bonds is 4. The van der Waals surface area contributed by atoms with E-state index in [0.717, 1.165) is 32.4 Å². The highest BCUT2D eigenvalue weighted by atomic mass is 16.1. The summed E-state index contributed by atoms with van der Waals surface area (Å²) in [5.74, 6) is 1.56. The first-order valence-electron chi connectivity index (χ1n) is 6.59. The number of amides is 1. The first-order chi connectivity index (χ1) is 7.58. The van der Waals surface area contributed by atoms with Gasteiger partial charge in [0.2, 0.25) is 5.91 Å². The predicted octanol–water partition coefficient (Wildman–Crippen LogP) is 1.68. The van der Waals surface area contributed by atoms with Gasteiger partial charge < -0.3 is 10.6 Å². The zero-order valence-electron chi connectivity index (χ0n) is 10.5. The molecule has 1 aliphatic carbocycles. The zero-order chi connectivity index (χ0) is 11.6. The summed E-state index contributed by atoms with van der Waals surface area (Å²) in [7, 11) is 0. The summed E-state index contributed by atoms with van der Waals surface area (Å²) >= 11 is 0. The molecule has 0 aromatic heterocycles. The number of piperidine rings is 1. The Morgan fingerprint density at radius 1 is 1.25 bits per heavy atom. The molecule has 0 atom stereocenters. The van der Waals surface area contributed by atoms with Crippen LogP contribution >= 0.6 is 0 Å². The van der Waals surface area contributed by atoms with Gasteiger partial charge in [-0.05, 0) is 64.5 Å². The van der Waals surface area contributed by atoms with Crippen LogP contribution in [0.25, 0.3) is 0 Å². The molecular formula is C13H24N2O. The molecule has 16 heavy (non-hydrogen) atoms. The van der Waals surface area contributed by atoms with Crippen molar-refractivity contribution >= 4 is 5.91 Å². The van der Waals surface area contributed by atoms with Gasteiger partial charge in [-0.2, -0.15) is 0 Å². The van der Waals surface area contributed by atoms with E-state index in [1.807, 2.05) is 0 Å². The Balaban J connectivity index is 1.74. The van der Waals surface area contributed by atoms with E-state index in [0.29, 0.717) is 11.8 Å². The maximum atomic E-state index is 11.9. The lowest BCUT2D eigenvalue weighted by Crippen LogP contribution is -2.46. The molecule has 1 amide bonds. The highest BCUT2D eigenvalue weighted by Gasteiger charge is 2.38. The van der Waals surface area contributed by atoms with Crippen molar-refractivity contribution in [2.75, 3.05) is 13.1 Å². The van der Waals surface area contributed by atoms with Crippen LogP contribution < -0.4 is 10.6 Å². The van der Waals surface area contributed by atoms with E-state index in [4.69, 9.17) is 0 Å². The average Bonchev–Trinajstić information content (AvgIpc) is 3.01. The summed E-state index contributed by atoms with van der Waals surface area (Å²) < 4.78 is 0. The van der Waals surface area contributed by atoms with Crippen molar-refractivity contribution in [3.63, 3.8) is 0 Å². The smallest absolute Gasteiger partial charge is 0.220 e. The monoisotopic (exact) mass is 224 g/mol. The minimum atomic E-state index is 0.0179. The molecule has 2 fully saturated rings. The van der Waals surface area contributed by atoms with Crippen LogP contribution in [-0.2, 0) is 4.79 Å². The maximum absolute atomic E-state index is 11.9. The Morgan fingerprint density at radius 2 is 1.88 bits per heavy atom. The van der Waals surface area contributed by atoms with Crippen molar-refractivity contribution in [3.05, 3.63) is 0 Å². The van der Waals surface area contributed by atoms with Gasteiger partial charge in [0, 0.05) is 12.0 Å². The van der Waals surface area contributed by atoms with E-state index in [9.17, 15) is 4.79 Å². The molecular weight excluding hydrogens is 200 g/mol. The maximum Gasteiger partial charge on any atom is 0.220 e. The van der Waals surface area contributed by atoms with Crippen LogP contribution in [0, 0.1) is 11.8 Å². The summed E-state index contributed by atoms with van der Waals surface area (Å²) in [4.78, 5) is 11.9. The molecule has 1 aliphatic heterocycles. The lowest BCUT2D eigenvalue weighted by Gasteiger charge is -2.28. The number of hydrogen-bond donors (Lipinski definition) is 2. The van der Waals surface area contributed by atoms with E-state index >= 15 is 0 Å². The van der Waals surface area contributed by atoms with E-state index in [1.165, 1.54) is 12.8 Å². The predicted molar refractivity (Wildman–Crippen MR) is 65.2 cm³/mol. The summed E-state index contributed by atoms with van der Waals surface area (Å²) in [6.45, 7) is 6.46. The summed E-state index contributed by atoms with van der Waals surface area (Å²) in [5, 5.41) is 6.54. The molecule has 3 nitrogen and oxygen atoms in total. The molecule has 92 valence electrons. The molecule has 3 heteroatoms. The SMILES string of the molecule is CC(C)(NC(=O)CC1CCNCC1)C1CC1. The van der Waals surface area contributed by atoms with Gasteiger partial charge in [-0.15, -0.1) is 0 Å². The van der Waals surface area contributed by atoms with Crippen LogP contribution in [0.15, 0.2) is 0 Å². The van der Waals surface area contributed by atoms with Crippen LogP contribution in [0.5, 0.6) is 0 Å². The largest absolute Gasteiger partial charge is 0.351 e. The van der Waals surface area contributed by atoms with E-state index in [1.54, 1.807) is 0 Å². The van der Waals surface area contributed by atoms with Gasteiger partial charge in [0.15, 0.2) is 0 Å². The quantitative estimate of drug-likeness (QED) is 0.763. The average molecular weight is 224 g/mol. The van der Waals surface area contributed by atoms with Crippen LogP contribution in [0.3, 0.4) is 0 Å². The fourth-order valence-corrected chi connectivity index (χ4v) is 2.67. The lowest BCUT2D eigenvalue weighted by atomic mass is 9.93. The Morgan fingerprint density at radius 3 is 2.44 bits per heavy atom. The molecule has 2 rings (SSSR count). The molecule has 1 saturated heterocycles. The zero-order valence-corrected chi connectivity index (χ0v) is 10.5. The number of carbonyl (C=O) groups excluding carboxylic acids is 1. The van der Waals surface area contributed by atoms with Crippen molar-refractivity contribution in [2.45, 2.75) is 51.5 Å². The van der Waals surface area contributed by atoms with Crippen LogP contribution in [0.2, 0.25) is 0 Å². The third-order valence-corrected chi connectivity index (χ3v) is 3.99. The molecule has 2 N–H and O–H groups in total. The van der Waals surface area contributed by atoms with Crippen LogP contribution in [-0.4, -0.2) is 24.5 Å². The van der Waals surface area contributed by atoms with E-state index < -0.39 is 0 Å². The molecule has 2 aliphatic rings. The lowest BCUT2D eigenvalue weighted by molar-refractivity contribution is -0.124. The second-order valence-electron chi connectivity index (χ2n) is 5.94. The van der Waals surface area contributed by atoms with Gasteiger partial charge in [-0.3, -0.25) is 4.79 Å². The fraction of sp³-hybridized carbons (Fsp3) is 0.923. The molecule has 0 spiro atoms. The first-order valence-corrected chi connectivity index (χ1v) is 6.59. The topological polar surface area (TPSA) is 41.1 Å². The second kappa shape index (κ2) is 4.74. The first kappa shape index (κ1) is 11.9. The van der Waals surface area contributed by atoms with Gasteiger partial charge in [-0.1, -0.05) is 0 Å². The van der Waals surface area contributed by atoms with Crippen molar-refractivity contribution < 1.29 is 4.79 Å². The fourth-order valence-electron chi connectivity index (χ4n) is 2.67. The van der Waals surface area contributed by atoms with E-state index in [2.05, 4.69) is 24.5 Å². The van der Waals surface area contributed by atoms with Gasteiger partial charge in [0.25, 0.3) is 0 Å². The van der Waals surface area contributed by atoms with Gasteiger partial charge in [0.05, 0.1) is 0 Å². The Bertz CT molecular complexity index is 253. The van der Waals surface area contributed by atoms with Crippen LogP contribution in [0.4, 0.5) is 0 Å². The highest BCUT2D eigenvalue weighted by molar-refractivity contribution is 5.77. The van der Waals surface area contributed by atoms with Gasteiger partial charge in [0.1, 0.15) is 0 Å². The third-order valence-electron chi connectivity index (χ3n) is 3.99. The molecule has 0 unspecified atom stereocenters. The molecule has 0 aromatic rings. The Kier molecular flexibility index (Phi) is 3.53. The van der Waals surface area contributed by atoms with Crippen molar-refractivity contribution in [3.8, 4) is 0 Å². The molecule has 1 saturated carbocycles. The number of carbonyl (C=O) groups is 1. The minimum Gasteiger partial charge on any atom is -0.351 e. The van der Waals surface area contributed by atoms with Gasteiger partial charge in [-0.25, -0.2) is 0 Å². The Hall–Kier alpha value is -0.570. The number of nitrogens with one attached hydrogen (secondary N) is 2. The van der Waals surface area contributed by atoms with Crippen LogP contribution in [0.1, 0.15) is 46.0 Å². The minimum absolute atomic E-state index is 0.0179. The van der Waals surface area contributed by atoms with Crippen molar-refractivity contribution in [2.24, 2.45) is 11.8 Å². The van der Waals surface area contributed by atoms with Crippen molar-refractivity contribution in [1.29, 1.82) is 0 Å².